The van der Waals surface area contributed by atoms with Gasteiger partial charge in [0.2, 0.25) is 0 Å². The molecule has 0 bridgehead atoms. The van der Waals surface area contributed by atoms with E-state index in [0.717, 1.165) is 5.16 Å². The molecule has 0 fully saturated rings. The maximum atomic E-state index is 5.79. The van der Waals surface area contributed by atoms with E-state index in [2.05, 4.69) is 22.2 Å². The summed E-state index contributed by atoms with van der Waals surface area (Å²) in [6.45, 7) is 0.585. The van der Waals surface area contributed by atoms with Crippen molar-refractivity contribution in [3.05, 3.63) is 42.2 Å². The molecule has 1 unspecified atom stereocenters. The molecule has 2 N–H and O–H groups in total. The first-order valence-corrected chi connectivity index (χ1v) is 5.95. The van der Waals surface area contributed by atoms with Gasteiger partial charge in [0, 0.05) is 18.8 Å². The number of nitrogens with two attached hydrogens (primary N) is 1. The Morgan fingerprint density at radius 3 is 2.69 bits per heavy atom. The third kappa shape index (κ3) is 2.43. The first kappa shape index (κ1) is 11.2. The van der Waals surface area contributed by atoms with Crippen molar-refractivity contribution in [2.24, 2.45) is 12.8 Å². The predicted molar refractivity (Wildman–Crippen MR) is 65.1 cm³/mol. The lowest BCUT2D eigenvalue weighted by Crippen LogP contribution is -2.10. The number of rotatable bonds is 4. The lowest BCUT2D eigenvalue weighted by atomic mass is 10.1. The van der Waals surface area contributed by atoms with Gasteiger partial charge in [0.05, 0.1) is 0 Å². The Balaban J connectivity index is 2.16. The number of aryl methyl sites for hydroxylation is 1. The SMILES string of the molecule is Cn1ncnc1SC(CN)c1ccccc1. The summed E-state index contributed by atoms with van der Waals surface area (Å²) in [6.07, 6.45) is 1.56. The van der Waals surface area contributed by atoms with Crippen LogP contribution >= 0.6 is 11.8 Å². The van der Waals surface area contributed by atoms with Gasteiger partial charge in [-0.2, -0.15) is 5.10 Å². The van der Waals surface area contributed by atoms with E-state index in [0.29, 0.717) is 6.54 Å². The molecule has 0 saturated carbocycles. The molecule has 2 rings (SSSR count). The molecule has 0 amide bonds. The molecule has 1 heterocycles. The number of thioether (sulfide) groups is 1. The van der Waals surface area contributed by atoms with E-state index >= 15 is 0 Å². The molecule has 0 aliphatic heterocycles. The van der Waals surface area contributed by atoms with Gasteiger partial charge in [-0.05, 0) is 5.56 Å². The quantitative estimate of drug-likeness (QED) is 0.816. The molecule has 0 spiro atoms. The third-order valence-electron chi connectivity index (χ3n) is 2.30. The average Bonchev–Trinajstić information content (AvgIpc) is 2.73. The van der Waals surface area contributed by atoms with Crippen LogP contribution in [0, 0.1) is 0 Å². The molecule has 1 aromatic carbocycles. The third-order valence-corrected chi connectivity index (χ3v) is 3.63. The van der Waals surface area contributed by atoms with Gasteiger partial charge in [0.25, 0.3) is 0 Å². The minimum Gasteiger partial charge on any atom is -0.329 e. The summed E-state index contributed by atoms with van der Waals surface area (Å²) in [7, 11) is 1.88. The molecule has 0 aliphatic carbocycles. The minimum atomic E-state index is 0.226. The van der Waals surface area contributed by atoms with Gasteiger partial charge in [-0.25, -0.2) is 9.67 Å². The van der Waals surface area contributed by atoms with Crippen LogP contribution in [0.2, 0.25) is 0 Å². The fourth-order valence-corrected chi connectivity index (χ4v) is 2.39. The zero-order valence-corrected chi connectivity index (χ0v) is 9.89. The number of hydrogen-bond acceptors (Lipinski definition) is 4. The number of aromatic nitrogens is 3. The first-order valence-electron chi connectivity index (χ1n) is 5.07. The summed E-state index contributed by atoms with van der Waals surface area (Å²) in [4.78, 5) is 4.19. The van der Waals surface area contributed by atoms with Crippen LogP contribution in [0.1, 0.15) is 10.8 Å². The van der Waals surface area contributed by atoms with Gasteiger partial charge in [0.1, 0.15) is 6.33 Å². The molecule has 16 heavy (non-hydrogen) atoms. The standard InChI is InChI=1S/C11H14N4S/c1-15-11(13-8-14-15)16-10(7-12)9-5-3-2-4-6-9/h2-6,8,10H,7,12H2,1H3. The number of benzene rings is 1. The molecule has 4 nitrogen and oxygen atoms in total. The molecule has 0 saturated heterocycles. The summed E-state index contributed by atoms with van der Waals surface area (Å²) in [5.74, 6) is 0. The molecule has 0 radical (unpaired) electrons. The molecular weight excluding hydrogens is 220 g/mol. The van der Waals surface area contributed by atoms with Gasteiger partial charge in [0.15, 0.2) is 5.16 Å². The summed E-state index contributed by atoms with van der Waals surface area (Å²) < 4.78 is 1.76. The van der Waals surface area contributed by atoms with Crippen molar-refractivity contribution in [1.29, 1.82) is 0 Å². The second-order valence-electron chi connectivity index (χ2n) is 3.42. The summed E-state index contributed by atoms with van der Waals surface area (Å²) in [6, 6.07) is 10.2. The Bertz CT molecular complexity index is 440. The fourth-order valence-electron chi connectivity index (χ4n) is 1.44. The largest absolute Gasteiger partial charge is 0.329 e. The Kier molecular flexibility index (Phi) is 3.58. The Morgan fingerprint density at radius 1 is 1.38 bits per heavy atom. The van der Waals surface area contributed by atoms with E-state index in [1.807, 2.05) is 25.2 Å². The second kappa shape index (κ2) is 5.14. The van der Waals surface area contributed by atoms with Crippen LogP contribution in [0.3, 0.4) is 0 Å². The predicted octanol–water partition coefficient (Wildman–Crippen LogP) is 1.61. The lowest BCUT2D eigenvalue weighted by molar-refractivity contribution is 0.682. The normalized spacial score (nSPS) is 12.6. The smallest absolute Gasteiger partial charge is 0.186 e. The van der Waals surface area contributed by atoms with Crippen molar-refractivity contribution in [3.63, 3.8) is 0 Å². The Morgan fingerprint density at radius 2 is 2.12 bits per heavy atom. The highest BCUT2D eigenvalue weighted by Crippen LogP contribution is 2.32. The summed E-state index contributed by atoms with van der Waals surface area (Å²) in [5, 5.41) is 5.16. The number of hydrogen-bond donors (Lipinski definition) is 1. The van der Waals surface area contributed by atoms with E-state index in [1.54, 1.807) is 22.8 Å². The van der Waals surface area contributed by atoms with Crippen molar-refractivity contribution in [3.8, 4) is 0 Å². The highest BCUT2D eigenvalue weighted by atomic mass is 32.2. The highest BCUT2D eigenvalue weighted by Gasteiger charge is 2.13. The van der Waals surface area contributed by atoms with Gasteiger partial charge < -0.3 is 5.73 Å². The molecule has 0 aliphatic rings. The zero-order valence-electron chi connectivity index (χ0n) is 9.08. The maximum Gasteiger partial charge on any atom is 0.186 e. The minimum absolute atomic E-state index is 0.226. The number of nitrogens with zero attached hydrogens (tertiary/aromatic N) is 3. The topological polar surface area (TPSA) is 56.7 Å². The van der Waals surface area contributed by atoms with Gasteiger partial charge in [-0.3, -0.25) is 0 Å². The van der Waals surface area contributed by atoms with Gasteiger partial charge in [-0.1, -0.05) is 42.1 Å². The summed E-state index contributed by atoms with van der Waals surface area (Å²) >= 11 is 1.64. The van der Waals surface area contributed by atoms with E-state index in [1.165, 1.54) is 5.56 Å². The van der Waals surface area contributed by atoms with Crippen molar-refractivity contribution in [2.45, 2.75) is 10.4 Å². The van der Waals surface area contributed by atoms with Crippen LogP contribution in [0.5, 0.6) is 0 Å². The van der Waals surface area contributed by atoms with E-state index in [9.17, 15) is 0 Å². The van der Waals surface area contributed by atoms with Crippen LogP contribution in [-0.4, -0.2) is 21.3 Å². The van der Waals surface area contributed by atoms with Gasteiger partial charge in [-0.15, -0.1) is 0 Å². The second-order valence-corrected chi connectivity index (χ2v) is 4.59. The fraction of sp³-hybridized carbons (Fsp3) is 0.273. The maximum absolute atomic E-state index is 5.79. The molecule has 5 heteroatoms. The van der Waals surface area contributed by atoms with Crippen LogP contribution < -0.4 is 5.73 Å². The van der Waals surface area contributed by atoms with Crippen molar-refractivity contribution < 1.29 is 0 Å². The average molecular weight is 234 g/mol. The van der Waals surface area contributed by atoms with Crippen LogP contribution in [0.25, 0.3) is 0 Å². The van der Waals surface area contributed by atoms with Crippen LogP contribution in [0.15, 0.2) is 41.8 Å². The van der Waals surface area contributed by atoms with Crippen molar-refractivity contribution in [2.75, 3.05) is 6.54 Å². The molecule has 2 aromatic rings. The summed E-state index contributed by atoms with van der Waals surface area (Å²) in [5.41, 5.74) is 7.01. The Hall–Kier alpha value is -1.33. The van der Waals surface area contributed by atoms with Gasteiger partial charge >= 0.3 is 0 Å². The van der Waals surface area contributed by atoms with E-state index < -0.39 is 0 Å². The monoisotopic (exact) mass is 234 g/mol. The molecule has 84 valence electrons. The van der Waals surface area contributed by atoms with Crippen LogP contribution in [0.4, 0.5) is 0 Å². The molecule has 1 aromatic heterocycles. The molecular formula is C11H14N4S. The molecule has 1 atom stereocenters. The van der Waals surface area contributed by atoms with E-state index in [-0.39, 0.29) is 5.25 Å². The Labute approximate surface area is 98.9 Å². The van der Waals surface area contributed by atoms with Crippen LogP contribution in [-0.2, 0) is 7.05 Å². The van der Waals surface area contributed by atoms with Crippen molar-refractivity contribution in [1.82, 2.24) is 14.8 Å². The zero-order chi connectivity index (χ0) is 11.4. The lowest BCUT2D eigenvalue weighted by Gasteiger charge is -2.13. The first-order chi connectivity index (χ1) is 7.81. The highest BCUT2D eigenvalue weighted by molar-refractivity contribution is 7.99. The van der Waals surface area contributed by atoms with E-state index in [4.69, 9.17) is 5.73 Å². The van der Waals surface area contributed by atoms with Crippen molar-refractivity contribution >= 4 is 11.8 Å².